The van der Waals surface area contributed by atoms with Gasteiger partial charge in [-0.2, -0.15) is 0 Å². The van der Waals surface area contributed by atoms with Gasteiger partial charge in [0.05, 0.1) is 17.3 Å². The predicted molar refractivity (Wildman–Crippen MR) is 66.6 cm³/mol. The minimum atomic E-state index is -0.313. The minimum absolute atomic E-state index is 0.00438. The van der Waals surface area contributed by atoms with Crippen molar-refractivity contribution < 1.29 is 9.84 Å². The van der Waals surface area contributed by atoms with Crippen molar-refractivity contribution in [3.63, 3.8) is 0 Å². The van der Waals surface area contributed by atoms with E-state index in [1.807, 2.05) is 0 Å². The van der Waals surface area contributed by atoms with Gasteiger partial charge in [0.15, 0.2) is 0 Å². The maximum Gasteiger partial charge on any atom is 0.116 e. The number of ether oxygens (including phenoxy) is 1. The number of aliphatic hydroxyl groups is 1. The second-order valence-electron chi connectivity index (χ2n) is 4.43. The first-order valence-corrected chi connectivity index (χ1v) is 6.86. The quantitative estimate of drug-likeness (QED) is 0.776. The highest BCUT2D eigenvalue weighted by molar-refractivity contribution is 8.14. The van der Waals surface area contributed by atoms with Crippen LogP contribution in [0, 0.1) is 5.92 Å². The van der Waals surface area contributed by atoms with Crippen LogP contribution in [0.3, 0.4) is 0 Å². The van der Waals surface area contributed by atoms with E-state index in [2.05, 4.69) is 11.9 Å². The molecule has 0 aromatic carbocycles. The van der Waals surface area contributed by atoms with Gasteiger partial charge < -0.3 is 15.6 Å². The normalized spacial score (nSPS) is 39.1. The van der Waals surface area contributed by atoms with E-state index in [-0.39, 0.29) is 23.6 Å². The summed E-state index contributed by atoms with van der Waals surface area (Å²) in [4.78, 5) is 4.51. The van der Waals surface area contributed by atoms with Gasteiger partial charge >= 0.3 is 0 Å². The zero-order valence-corrected chi connectivity index (χ0v) is 10.4. The molecule has 4 atom stereocenters. The molecule has 0 saturated carbocycles. The van der Waals surface area contributed by atoms with Gasteiger partial charge in [-0.15, -0.1) is 0 Å². The van der Waals surface area contributed by atoms with Gasteiger partial charge in [-0.25, -0.2) is 0 Å². The Morgan fingerprint density at radius 1 is 1.62 bits per heavy atom. The molecule has 92 valence electrons. The van der Waals surface area contributed by atoms with Gasteiger partial charge in [-0.1, -0.05) is 25.1 Å². The van der Waals surface area contributed by atoms with E-state index in [1.165, 1.54) is 0 Å². The van der Waals surface area contributed by atoms with Crippen LogP contribution in [0.5, 0.6) is 0 Å². The van der Waals surface area contributed by atoms with Crippen LogP contribution in [-0.4, -0.2) is 40.9 Å². The lowest BCUT2D eigenvalue weighted by atomic mass is 9.94. The summed E-state index contributed by atoms with van der Waals surface area (Å²) in [5.41, 5.74) is 5.66. The van der Waals surface area contributed by atoms with Crippen molar-refractivity contribution in [3.8, 4) is 0 Å². The number of hydrogen-bond donors (Lipinski definition) is 2. The van der Waals surface area contributed by atoms with Crippen LogP contribution < -0.4 is 5.73 Å². The molecule has 3 N–H and O–H groups in total. The SMILES string of the molecule is CCCC1=NCC2C(O)CC(CN)OC2S1. The zero-order chi connectivity index (χ0) is 11.5. The van der Waals surface area contributed by atoms with Gasteiger partial charge in [0.25, 0.3) is 0 Å². The number of hydrogen-bond acceptors (Lipinski definition) is 5. The van der Waals surface area contributed by atoms with E-state index in [0.29, 0.717) is 19.5 Å². The summed E-state index contributed by atoms with van der Waals surface area (Å²) in [6, 6.07) is 0. The van der Waals surface area contributed by atoms with Crippen molar-refractivity contribution in [2.75, 3.05) is 13.1 Å². The zero-order valence-electron chi connectivity index (χ0n) is 9.63. The van der Waals surface area contributed by atoms with Gasteiger partial charge in [-0.3, -0.25) is 4.99 Å². The van der Waals surface area contributed by atoms with E-state index in [0.717, 1.165) is 17.9 Å². The average molecular weight is 244 g/mol. The summed E-state index contributed by atoms with van der Waals surface area (Å²) in [7, 11) is 0. The largest absolute Gasteiger partial charge is 0.393 e. The average Bonchev–Trinajstić information content (AvgIpc) is 2.29. The Balaban J connectivity index is 2.01. The molecule has 0 amide bonds. The van der Waals surface area contributed by atoms with Crippen molar-refractivity contribution in [2.45, 2.75) is 43.8 Å². The third-order valence-electron chi connectivity index (χ3n) is 3.13. The summed E-state index contributed by atoms with van der Waals surface area (Å²) in [5.74, 6) is 0.147. The Kier molecular flexibility index (Phi) is 4.24. The number of fused-ring (bicyclic) bond motifs is 1. The fraction of sp³-hybridized carbons (Fsp3) is 0.909. The topological polar surface area (TPSA) is 67.8 Å². The molecule has 16 heavy (non-hydrogen) atoms. The van der Waals surface area contributed by atoms with Crippen LogP contribution in [0.1, 0.15) is 26.2 Å². The lowest BCUT2D eigenvalue weighted by molar-refractivity contribution is -0.0920. The molecule has 5 heteroatoms. The molecule has 2 rings (SSSR count). The molecule has 2 heterocycles. The lowest BCUT2D eigenvalue weighted by Crippen LogP contribution is -2.48. The number of aliphatic imine (C=N–C) groups is 1. The molecule has 0 radical (unpaired) electrons. The molecule has 1 fully saturated rings. The molecular weight excluding hydrogens is 224 g/mol. The standard InChI is InChI=1S/C11H20N2O2S/c1-2-3-10-13-6-8-9(14)4-7(5-12)15-11(8)16-10/h7-9,11,14H,2-6,12H2,1H3. The molecule has 0 spiro atoms. The highest BCUT2D eigenvalue weighted by atomic mass is 32.2. The first kappa shape index (κ1) is 12.4. The number of thioether (sulfide) groups is 1. The van der Waals surface area contributed by atoms with Crippen LogP contribution >= 0.6 is 11.8 Å². The number of rotatable bonds is 3. The van der Waals surface area contributed by atoms with Crippen molar-refractivity contribution in [1.82, 2.24) is 0 Å². The highest BCUT2D eigenvalue weighted by Gasteiger charge is 2.40. The molecule has 0 aromatic heterocycles. The molecule has 4 unspecified atom stereocenters. The van der Waals surface area contributed by atoms with Crippen molar-refractivity contribution in [3.05, 3.63) is 0 Å². The monoisotopic (exact) mass is 244 g/mol. The van der Waals surface area contributed by atoms with Gasteiger partial charge in [0.1, 0.15) is 5.44 Å². The number of nitrogens with two attached hydrogens (primary N) is 1. The van der Waals surface area contributed by atoms with Crippen molar-refractivity contribution in [1.29, 1.82) is 0 Å². The van der Waals surface area contributed by atoms with Crippen LogP contribution in [0.15, 0.2) is 4.99 Å². The molecule has 0 aliphatic carbocycles. The fourth-order valence-corrected chi connectivity index (χ4v) is 3.57. The second kappa shape index (κ2) is 5.49. The molecule has 1 saturated heterocycles. The summed E-state index contributed by atoms with van der Waals surface area (Å²) < 4.78 is 5.88. The third kappa shape index (κ3) is 2.59. The smallest absolute Gasteiger partial charge is 0.116 e. The Bertz CT molecular complexity index is 273. The Morgan fingerprint density at radius 3 is 3.12 bits per heavy atom. The molecule has 0 aromatic rings. The van der Waals surface area contributed by atoms with Crippen LogP contribution in [0.2, 0.25) is 0 Å². The van der Waals surface area contributed by atoms with Crippen LogP contribution in [0.25, 0.3) is 0 Å². The number of nitrogens with zero attached hydrogens (tertiary/aromatic N) is 1. The van der Waals surface area contributed by atoms with Gasteiger partial charge in [0.2, 0.25) is 0 Å². The molecular formula is C11H20N2O2S. The van der Waals surface area contributed by atoms with Crippen LogP contribution in [-0.2, 0) is 4.74 Å². The predicted octanol–water partition coefficient (Wildman–Crippen LogP) is 0.983. The first-order chi connectivity index (χ1) is 7.74. The summed E-state index contributed by atoms with van der Waals surface area (Å²) in [6.45, 7) is 3.33. The van der Waals surface area contributed by atoms with Crippen molar-refractivity contribution in [2.24, 2.45) is 16.6 Å². The van der Waals surface area contributed by atoms with E-state index < -0.39 is 0 Å². The maximum atomic E-state index is 10.0. The maximum absolute atomic E-state index is 10.0. The van der Waals surface area contributed by atoms with Gasteiger partial charge in [0, 0.05) is 25.4 Å². The summed E-state index contributed by atoms with van der Waals surface area (Å²) in [6.07, 6.45) is 2.46. The summed E-state index contributed by atoms with van der Waals surface area (Å²) >= 11 is 1.68. The fourth-order valence-electron chi connectivity index (χ4n) is 2.18. The van der Waals surface area contributed by atoms with E-state index >= 15 is 0 Å². The van der Waals surface area contributed by atoms with E-state index in [4.69, 9.17) is 10.5 Å². The van der Waals surface area contributed by atoms with E-state index in [9.17, 15) is 5.11 Å². The summed E-state index contributed by atoms with van der Waals surface area (Å²) in [5, 5.41) is 11.2. The first-order valence-electron chi connectivity index (χ1n) is 5.98. The molecule has 2 aliphatic rings. The second-order valence-corrected chi connectivity index (χ2v) is 5.60. The number of aliphatic hydroxyl groups excluding tert-OH is 1. The minimum Gasteiger partial charge on any atom is -0.393 e. The molecule has 4 nitrogen and oxygen atoms in total. The lowest BCUT2D eigenvalue weighted by Gasteiger charge is -2.40. The van der Waals surface area contributed by atoms with Crippen LogP contribution in [0.4, 0.5) is 0 Å². The van der Waals surface area contributed by atoms with Gasteiger partial charge in [-0.05, 0) is 6.42 Å². The van der Waals surface area contributed by atoms with E-state index in [1.54, 1.807) is 11.8 Å². The Labute approximate surface area is 101 Å². The van der Waals surface area contributed by atoms with Crippen molar-refractivity contribution >= 4 is 16.8 Å². The highest BCUT2D eigenvalue weighted by Crippen LogP contribution is 2.37. The molecule has 0 bridgehead atoms. The Morgan fingerprint density at radius 2 is 2.44 bits per heavy atom. The Hall–Kier alpha value is -0.100. The molecule has 2 aliphatic heterocycles. The third-order valence-corrected chi connectivity index (χ3v) is 4.43.